The van der Waals surface area contributed by atoms with Crippen LogP contribution < -0.4 is 5.32 Å². The van der Waals surface area contributed by atoms with E-state index in [9.17, 15) is 4.79 Å². The molecule has 0 unspecified atom stereocenters. The van der Waals surface area contributed by atoms with Crippen LogP contribution in [0.4, 0.5) is 5.69 Å². The minimum absolute atomic E-state index is 0.222. The predicted octanol–water partition coefficient (Wildman–Crippen LogP) is 4.21. The number of anilines is 1. The highest BCUT2D eigenvalue weighted by atomic mass is 79.9. The molecule has 0 aromatic heterocycles. The van der Waals surface area contributed by atoms with Gasteiger partial charge in [-0.05, 0) is 53.5 Å². The molecule has 0 saturated heterocycles. The minimum atomic E-state index is -0.222. The van der Waals surface area contributed by atoms with E-state index in [-0.39, 0.29) is 5.91 Å². The van der Waals surface area contributed by atoms with Crippen LogP contribution in [0.2, 0.25) is 0 Å². The van der Waals surface area contributed by atoms with Crippen LogP contribution in [0.15, 0.2) is 52.1 Å². The van der Waals surface area contributed by atoms with Crippen molar-refractivity contribution in [2.45, 2.75) is 13.8 Å². The van der Waals surface area contributed by atoms with Gasteiger partial charge in [-0.25, -0.2) is 0 Å². The number of oxime groups is 1. The molecule has 2 rings (SSSR count). The molecular weight excluding hydrogens is 332 g/mol. The van der Waals surface area contributed by atoms with Crippen LogP contribution in [0.1, 0.15) is 28.4 Å². The molecule has 0 bridgehead atoms. The third-order valence-electron chi connectivity index (χ3n) is 3.08. The van der Waals surface area contributed by atoms with Crippen LogP contribution in [0.5, 0.6) is 0 Å². The van der Waals surface area contributed by atoms with Gasteiger partial charge in [-0.3, -0.25) is 4.79 Å². The van der Waals surface area contributed by atoms with Gasteiger partial charge in [-0.15, -0.1) is 0 Å². The van der Waals surface area contributed by atoms with Gasteiger partial charge in [0.25, 0.3) is 5.91 Å². The maximum Gasteiger partial charge on any atom is 0.256 e. The van der Waals surface area contributed by atoms with Crippen LogP contribution in [-0.2, 0) is 0 Å². The van der Waals surface area contributed by atoms with Gasteiger partial charge in [0.2, 0.25) is 0 Å². The number of carbonyl (C=O) groups is 1. The zero-order valence-corrected chi connectivity index (χ0v) is 13.3. The summed E-state index contributed by atoms with van der Waals surface area (Å²) >= 11 is 3.40. The van der Waals surface area contributed by atoms with Gasteiger partial charge in [0.1, 0.15) is 0 Å². The smallest absolute Gasteiger partial charge is 0.256 e. The van der Waals surface area contributed by atoms with E-state index in [0.717, 1.165) is 10.0 Å². The number of aryl methyl sites for hydroxylation is 1. The Morgan fingerprint density at radius 3 is 2.57 bits per heavy atom. The first kappa shape index (κ1) is 15.3. The van der Waals surface area contributed by atoms with E-state index in [0.29, 0.717) is 22.5 Å². The van der Waals surface area contributed by atoms with Gasteiger partial charge in [0, 0.05) is 10.0 Å². The van der Waals surface area contributed by atoms with Crippen molar-refractivity contribution in [2.24, 2.45) is 5.16 Å². The Labute approximate surface area is 131 Å². The summed E-state index contributed by atoms with van der Waals surface area (Å²) in [7, 11) is 0. The second-order valence-electron chi connectivity index (χ2n) is 4.67. The molecular formula is C16H15BrN2O2. The maximum absolute atomic E-state index is 12.4. The van der Waals surface area contributed by atoms with Crippen molar-refractivity contribution in [3.8, 4) is 0 Å². The van der Waals surface area contributed by atoms with Gasteiger partial charge in [-0.1, -0.05) is 29.4 Å². The van der Waals surface area contributed by atoms with E-state index < -0.39 is 0 Å². The van der Waals surface area contributed by atoms with Crippen molar-refractivity contribution in [3.05, 3.63) is 63.6 Å². The van der Waals surface area contributed by atoms with E-state index in [1.165, 1.54) is 0 Å². The van der Waals surface area contributed by atoms with Crippen molar-refractivity contribution in [1.29, 1.82) is 0 Å². The molecule has 0 atom stereocenters. The average Bonchev–Trinajstić information content (AvgIpc) is 2.46. The van der Waals surface area contributed by atoms with Gasteiger partial charge < -0.3 is 10.5 Å². The lowest BCUT2D eigenvalue weighted by Crippen LogP contribution is -2.15. The summed E-state index contributed by atoms with van der Waals surface area (Å²) < 4.78 is 0.741. The highest BCUT2D eigenvalue weighted by molar-refractivity contribution is 9.10. The molecule has 108 valence electrons. The lowest BCUT2D eigenvalue weighted by molar-refractivity contribution is 0.102. The first-order valence-electron chi connectivity index (χ1n) is 6.38. The molecule has 0 heterocycles. The molecule has 2 N–H and O–H groups in total. The molecule has 1 amide bonds. The standard InChI is InChI=1S/C16H15BrN2O2/c1-10-7-8-13(14(17)9-10)16(20)18-15-6-4-3-5-12(15)11(2)19-21/h3-9,21H,1-2H3,(H,18,20)/b19-11-. The van der Waals surface area contributed by atoms with E-state index in [1.54, 1.807) is 25.1 Å². The Morgan fingerprint density at radius 1 is 1.19 bits per heavy atom. The molecule has 21 heavy (non-hydrogen) atoms. The molecule has 5 heteroatoms. The van der Waals surface area contributed by atoms with Crippen LogP contribution in [-0.4, -0.2) is 16.8 Å². The van der Waals surface area contributed by atoms with E-state index in [4.69, 9.17) is 5.21 Å². The number of nitrogens with zero attached hydrogens (tertiary/aromatic N) is 1. The fourth-order valence-corrected chi connectivity index (χ4v) is 2.63. The Bertz CT molecular complexity index is 711. The summed E-state index contributed by atoms with van der Waals surface area (Å²) in [5.41, 5.74) is 3.34. The Morgan fingerprint density at radius 2 is 1.90 bits per heavy atom. The Hall–Kier alpha value is -2.14. The normalized spacial score (nSPS) is 11.3. The second-order valence-corrected chi connectivity index (χ2v) is 5.52. The molecule has 2 aromatic carbocycles. The molecule has 2 aromatic rings. The third kappa shape index (κ3) is 3.49. The number of amides is 1. The van der Waals surface area contributed by atoms with Crippen molar-refractivity contribution in [1.82, 2.24) is 0 Å². The Kier molecular flexibility index (Phi) is 4.75. The van der Waals surface area contributed by atoms with E-state index in [2.05, 4.69) is 26.4 Å². The number of benzene rings is 2. The van der Waals surface area contributed by atoms with Gasteiger partial charge in [0.05, 0.1) is 17.0 Å². The zero-order valence-electron chi connectivity index (χ0n) is 11.7. The first-order chi connectivity index (χ1) is 10.0. The third-order valence-corrected chi connectivity index (χ3v) is 3.74. The number of halogens is 1. The van der Waals surface area contributed by atoms with Gasteiger partial charge >= 0.3 is 0 Å². The predicted molar refractivity (Wildman–Crippen MR) is 87.3 cm³/mol. The molecule has 0 aliphatic rings. The lowest BCUT2D eigenvalue weighted by atomic mass is 10.1. The highest BCUT2D eigenvalue weighted by Gasteiger charge is 2.13. The van der Waals surface area contributed by atoms with Crippen molar-refractivity contribution in [2.75, 3.05) is 5.32 Å². The fourth-order valence-electron chi connectivity index (χ4n) is 1.96. The van der Waals surface area contributed by atoms with Crippen molar-refractivity contribution in [3.63, 3.8) is 0 Å². The summed E-state index contributed by atoms with van der Waals surface area (Å²) in [6.07, 6.45) is 0. The molecule has 0 fully saturated rings. The summed E-state index contributed by atoms with van der Waals surface area (Å²) in [6, 6.07) is 12.7. The fraction of sp³-hybridized carbons (Fsp3) is 0.125. The SMILES string of the molecule is C/C(=N/O)c1ccccc1NC(=O)c1ccc(C)cc1Br. The number of hydrogen-bond donors (Lipinski definition) is 2. The second kappa shape index (κ2) is 6.54. The lowest BCUT2D eigenvalue weighted by Gasteiger charge is -2.11. The van der Waals surface area contributed by atoms with Gasteiger partial charge in [-0.2, -0.15) is 0 Å². The molecule has 0 aliphatic heterocycles. The quantitative estimate of drug-likeness (QED) is 0.496. The van der Waals surface area contributed by atoms with Crippen molar-refractivity contribution >= 4 is 33.2 Å². The average molecular weight is 347 g/mol. The van der Waals surface area contributed by atoms with E-state index in [1.807, 2.05) is 31.2 Å². The number of rotatable bonds is 3. The maximum atomic E-state index is 12.4. The number of carbonyl (C=O) groups excluding carboxylic acids is 1. The highest BCUT2D eigenvalue weighted by Crippen LogP contribution is 2.22. The topological polar surface area (TPSA) is 61.7 Å². The summed E-state index contributed by atoms with van der Waals surface area (Å²) in [5.74, 6) is -0.222. The number of nitrogens with one attached hydrogen (secondary N) is 1. The summed E-state index contributed by atoms with van der Waals surface area (Å²) in [5, 5.41) is 14.9. The summed E-state index contributed by atoms with van der Waals surface area (Å²) in [4.78, 5) is 12.4. The molecule has 0 spiro atoms. The summed E-state index contributed by atoms with van der Waals surface area (Å²) in [6.45, 7) is 3.63. The largest absolute Gasteiger partial charge is 0.411 e. The number of hydrogen-bond acceptors (Lipinski definition) is 3. The molecule has 0 saturated carbocycles. The minimum Gasteiger partial charge on any atom is -0.411 e. The van der Waals surface area contributed by atoms with Gasteiger partial charge in [0.15, 0.2) is 0 Å². The zero-order chi connectivity index (χ0) is 15.4. The molecule has 0 radical (unpaired) electrons. The van der Waals surface area contributed by atoms with Crippen LogP contribution in [0, 0.1) is 6.92 Å². The van der Waals surface area contributed by atoms with E-state index >= 15 is 0 Å². The Balaban J connectivity index is 2.32. The van der Waals surface area contributed by atoms with Crippen LogP contribution in [0.3, 0.4) is 0 Å². The molecule has 0 aliphatic carbocycles. The molecule has 4 nitrogen and oxygen atoms in total. The number of para-hydroxylation sites is 1. The van der Waals surface area contributed by atoms with Crippen LogP contribution >= 0.6 is 15.9 Å². The van der Waals surface area contributed by atoms with Crippen LogP contribution in [0.25, 0.3) is 0 Å². The van der Waals surface area contributed by atoms with Crippen molar-refractivity contribution < 1.29 is 10.0 Å². The first-order valence-corrected chi connectivity index (χ1v) is 7.18. The monoisotopic (exact) mass is 346 g/mol.